The summed E-state index contributed by atoms with van der Waals surface area (Å²) < 4.78 is 1.91. The molecule has 0 fully saturated rings. The van der Waals surface area contributed by atoms with E-state index in [1.54, 1.807) is 31.5 Å². The SMILES string of the molecule is CC(C)n1cnnc1S[C@H](C)C(=O)Nc1c(Cl)cccc1Cl. The van der Waals surface area contributed by atoms with Crippen LogP contribution >= 0.6 is 35.0 Å². The summed E-state index contributed by atoms with van der Waals surface area (Å²) in [6.07, 6.45) is 1.66. The molecule has 5 nitrogen and oxygen atoms in total. The van der Waals surface area contributed by atoms with E-state index in [4.69, 9.17) is 23.2 Å². The van der Waals surface area contributed by atoms with Crippen LogP contribution in [0.3, 0.4) is 0 Å². The minimum absolute atomic E-state index is 0.196. The van der Waals surface area contributed by atoms with Crippen molar-refractivity contribution in [3.63, 3.8) is 0 Å². The quantitative estimate of drug-likeness (QED) is 0.810. The highest BCUT2D eigenvalue weighted by atomic mass is 35.5. The number of benzene rings is 1. The standard InChI is InChI=1S/C14H16Cl2N4OS/c1-8(2)20-7-17-19-14(20)22-9(3)13(21)18-12-10(15)5-4-6-11(12)16/h4-9H,1-3H3,(H,18,21)/t9-/m1/s1. The van der Waals surface area contributed by atoms with Gasteiger partial charge in [-0.2, -0.15) is 0 Å². The van der Waals surface area contributed by atoms with Crippen LogP contribution in [0.1, 0.15) is 26.8 Å². The molecule has 0 unspecified atom stereocenters. The fourth-order valence-electron chi connectivity index (χ4n) is 1.72. The molecular weight excluding hydrogens is 343 g/mol. The molecule has 1 heterocycles. The highest BCUT2D eigenvalue weighted by Gasteiger charge is 2.20. The molecule has 8 heteroatoms. The molecule has 2 aromatic rings. The number of amides is 1. The first-order valence-electron chi connectivity index (χ1n) is 6.71. The number of carbonyl (C=O) groups excluding carboxylic acids is 1. The number of halogens is 2. The van der Waals surface area contributed by atoms with Gasteiger partial charge in [0.2, 0.25) is 5.91 Å². The minimum Gasteiger partial charge on any atom is -0.323 e. The van der Waals surface area contributed by atoms with E-state index in [1.165, 1.54) is 11.8 Å². The van der Waals surface area contributed by atoms with Crippen LogP contribution in [0.4, 0.5) is 5.69 Å². The van der Waals surface area contributed by atoms with Crippen molar-refractivity contribution >= 4 is 46.6 Å². The highest BCUT2D eigenvalue weighted by molar-refractivity contribution is 8.00. The van der Waals surface area contributed by atoms with Crippen LogP contribution in [0.2, 0.25) is 10.0 Å². The number of nitrogens with zero attached hydrogens (tertiary/aromatic N) is 3. The average Bonchev–Trinajstić information content (AvgIpc) is 2.91. The lowest BCUT2D eigenvalue weighted by Gasteiger charge is -2.15. The zero-order valence-corrected chi connectivity index (χ0v) is 14.7. The van der Waals surface area contributed by atoms with Crippen molar-refractivity contribution in [3.8, 4) is 0 Å². The van der Waals surface area contributed by atoms with Crippen LogP contribution in [0.25, 0.3) is 0 Å². The summed E-state index contributed by atoms with van der Waals surface area (Å²) in [5, 5.41) is 11.8. The van der Waals surface area contributed by atoms with Crippen molar-refractivity contribution in [1.82, 2.24) is 14.8 Å². The van der Waals surface area contributed by atoms with E-state index in [9.17, 15) is 4.79 Å². The average molecular weight is 359 g/mol. The fourth-order valence-corrected chi connectivity index (χ4v) is 3.17. The minimum atomic E-state index is -0.367. The van der Waals surface area contributed by atoms with Crippen LogP contribution < -0.4 is 5.32 Å². The van der Waals surface area contributed by atoms with Crippen LogP contribution in [-0.4, -0.2) is 25.9 Å². The van der Waals surface area contributed by atoms with Gasteiger partial charge in [-0.1, -0.05) is 41.0 Å². The van der Waals surface area contributed by atoms with Crippen molar-refractivity contribution < 1.29 is 4.79 Å². The van der Waals surface area contributed by atoms with Crippen molar-refractivity contribution in [2.75, 3.05) is 5.32 Å². The second-order valence-corrected chi connectivity index (χ2v) is 7.08. The predicted octanol–water partition coefficient (Wildman–Crippen LogP) is 4.29. The molecule has 1 aromatic carbocycles. The number of rotatable bonds is 5. The third-order valence-electron chi connectivity index (χ3n) is 2.96. The summed E-state index contributed by atoms with van der Waals surface area (Å²) >= 11 is 13.4. The van der Waals surface area contributed by atoms with Crippen LogP contribution in [0, 0.1) is 0 Å². The smallest absolute Gasteiger partial charge is 0.237 e. The zero-order valence-electron chi connectivity index (χ0n) is 12.4. The van der Waals surface area contributed by atoms with Crippen LogP contribution in [-0.2, 0) is 4.79 Å². The summed E-state index contributed by atoms with van der Waals surface area (Å²) in [5.41, 5.74) is 0.425. The number of hydrogen-bond donors (Lipinski definition) is 1. The molecule has 0 saturated carbocycles. The van der Waals surface area contributed by atoms with E-state index >= 15 is 0 Å². The van der Waals surface area contributed by atoms with Crippen molar-refractivity contribution in [1.29, 1.82) is 0 Å². The number of nitrogens with one attached hydrogen (secondary N) is 1. The molecule has 0 aliphatic rings. The Morgan fingerprint density at radius 1 is 1.27 bits per heavy atom. The molecule has 0 radical (unpaired) electrons. The van der Waals surface area contributed by atoms with E-state index < -0.39 is 0 Å². The molecular formula is C14H16Cl2N4OS. The monoisotopic (exact) mass is 358 g/mol. The van der Waals surface area contributed by atoms with E-state index in [0.29, 0.717) is 20.9 Å². The Labute approximate surface area is 143 Å². The molecule has 0 aliphatic heterocycles. The first kappa shape index (κ1) is 17.1. The molecule has 22 heavy (non-hydrogen) atoms. The number of carbonyl (C=O) groups is 1. The van der Waals surface area contributed by atoms with Crippen molar-refractivity contribution in [2.45, 2.75) is 37.2 Å². The Bertz CT molecular complexity index is 654. The second-order valence-electron chi connectivity index (χ2n) is 4.96. The topological polar surface area (TPSA) is 59.8 Å². The normalized spacial score (nSPS) is 12.5. The summed E-state index contributed by atoms with van der Waals surface area (Å²) in [7, 11) is 0. The van der Waals surface area contributed by atoms with E-state index in [1.807, 2.05) is 18.4 Å². The van der Waals surface area contributed by atoms with Gasteiger partial charge in [0.15, 0.2) is 5.16 Å². The van der Waals surface area contributed by atoms with Gasteiger partial charge in [0.1, 0.15) is 6.33 Å². The van der Waals surface area contributed by atoms with Gasteiger partial charge in [-0.05, 0) is 32.9 Å². The van der Waals surface area contributed by atoms with E-state index in [2.05, 4.69) is 15.5 Å². The highest BCUT2D eigenvalue weighted by Crippen LogP contribution is 2.31. The maximum absolute atomic E-state index is 12.3. The second kappa shape index (κ2) is 7.35. The lowest BCUT2D eigenvalue weighted by Crippen LogP contribution is -2.23. The molecule has 1 N–H and O–H groups in total. The van der Waals surface area contributed by atoms with Gasteiger partial charge in [-0.15, -0.1) is 10.2 Å². The first-order chi connectivity index (χ1) is 10.4. The van der Waals surface area contributed by atoms with Crippen LogP contribution in [0.15, 0.2) is 29.7 Å². The molecule has 0 bridgehead atoms. The molecule has 1 atom stereocenters. The summed E-state index contributed by atoms with van der Waals surface area (Å²) in [6.45, 7) is 5.85. The van der Waals surface area contributed by atoms with Gasteiger partial charge < -0.3 is 9.88 Å². The third-order valence-corrected chi connectivity index (χ3v) is 4.66. The van der Waals surface area contributed by atoms with Gasteiger partial charge in [-0.25, -0.2) is 0 Å². The lowest BCUT2D eigenvalue weighted by molar-refractivity contribution is -0.115. The molecule has 0 spiro atoms. The Kier molecular flexibility index (Phi) is 5.72. The van der Waals surface area contributed by atoms with Gasteiger partial charge in [0.05, 0.1) is 21.0 Å². The van der Waals surface area contributed by atoms with E-state index in [-0.39, 0.29) is 17.2 Å². The maximum atomic E-state index is 12.3. The Morgan fingerprint density at radius 2 is 1.91 bits per heavy atom. The lowest BCUT2D eigenvalue weighted by atomic mass is 10.3. The maximum Gasteiger partial charge on any atom is 0.237 e. The van der Waals surface area contributed by atoms with Crippen LogP contribution in [0.5, 0.6) is 0 Å². The Balaban J connectivity index is 2.08. The molecule has 118 valence electrons. The van der Waals surface area contributed by atoms with Gasteiger partial charge in [0, 0.05) is 6.04 Å². The number of thioether (sulfide) groups is 1. The summed E-state index contributed by atoms with van der Waals surface area (Å²) in [4.78, 5) is 12.3. The molecule has 2 rings (SSSR count). The fraction of sp³-hybridized carbons (Fsp3) is 0.357. The van der Waals surface area contributed by atoms with Gasteiger partial charge >= 0.3 is 0 Å². The predicted molar refractivity (Wildman–Crippen MR) is 90.8 cm³/mol. The molecule has 0 aliphatic carbocycles. The van der Waals surface area contributed by atoms with E-state index in [0.717, 1.165) is 0 Å². The zero-order chi connectivity index (χ0) is 16.3. The van der Waals surface area contributed by atoms with Gasteiger partial charge in [-0.3, -0.25) is 4.79 Å². The van der Waals surface area contributed by atoms with Gasteiger partial charge in [0.25, 0.3) is 0 Å². The molecule has 1 amide bonds. The molecule has 0 saturated heterocycles. The number of para-hydroxylation sites is 1. The number of hydrogen-bond acceptors (Lipinski definition) is 4. The Morgan fingerprint density at radius 3 is 2.50 bits per heavy atom. The number of aromatic nitrogens is 3. The Hall–Kier alpha value is -1.24. The summed E-state index contributed by atoms with van der Waals surface area (Å²) in [5.74, 6) is -0.196. The third kappa shape index (κ3) is 3.94. The largest absolute Gasteiger partial charge is 0.323 e. The van der Waals surface area contributed by atoms with Crippen molar-refractivity contribution in [3.05, 3.63) is 34.6 Å². The number of anilines is 1. The summed E-state index contributed by atoms with van der Waals surface area (Å²) in [6, 6.07) is 5.31. The first-order valence-corrected chi connectivity index (χ1v) is 8.34. The molecule has 1 aromatic heterocycles. The van der Waals surface area contributed by atoms with Crippen molar-refractivity contribution in [2.24, 2.45) is 0 Å².